The maximum Gasteiger partial charge on any atom is 0.301 e. The molecule has 3 heterocycles. The number of thiazole rings is 1. The first kappa shape index (κ1) is 25.9. The summed E-state index contributed by atoms with van der Waals surface area (Å²) in [6.45, 7) is 8.06. The molecule has 1 saturated heterocycles. The van der Waals surface area contributed by atoms with E-state index in [0.29, 0.717) is 22.0 Å². The summed E-state index contributed by atoms with van der Waals surface area (Å²) in [5.41, 5.74) is 2.71. The molecular weight excluding hydrogens is 520 g/mol. The predicted molar refractivity (Wildman–Crippen MR) is 152 cm³/mol. The fraction of sp³-hybridized carbons (Fsp3) is 0.276. The normalized spacial score (nSPS) is 17.4. The summed E-state index contributed by atoms with van der Waals surface area (Å²) < 4.78 is 11.8. The molecule has 1 N–H and O–H groups in total. The molecule has 1 aliphatic heterocycles. The number of nitrogens with zero attached hydrogens (tertiary/aromatic N) is 2. The van der Waals surface area contributed by atoms with Crippen LogP contribution in [0.3, 0.4) is 0 Å². The lowest BCUT2D eigenvalue weighted by atomic mass is 9.84. The number of aryl methyl sites for hydroxylation is 1. The van der Waals surface area contributed by atoms with Crippen molar-refractivity contribution in [3.8, 4) is 11.5 Å². The van der Waals surface area contributed by atoms with E-state index in [1.165, 1.54) is 27.6 Å². The van der Waals surface area contributed by atoms with E-state index in [-0.39, 0.29) is 16.7 Å². The topological polar surface area (TPSA) is 89.0 Å². The van der Waals surface area contributed by atoms with Crippen LogP contribution in [0.2, 0.25) is 0 Å². The SMILES string of the molecule is COc1cc2sc(N3C(=O)C(=O)/C(=C(/O)c4ccc(OC)c(C(C)(C)C)c4)C3c3cccs3)nc2cc1C. The van der Waals surface area contributed by atoms with Crippen molar-refractivity contribution in [2.24, 2.45) is 0 Å². The molecule has 0 radical (unpaired) electrons. The van der Waals surface area contributed by atoms with Gasteiger partial charge in [0.2, 0.25) is 0 Å². The van der Waals surface area contributed by atoms with Crippen LogP contribution in [0.1, 0.15) is 48.4 Å². The van der Waals surface area contributed by atoms with Crippen LogP contribution in [0.15, 0.2) is 53.4 Å². The summed E-state index contributed by atoms with van der Waals surface area (Å²) in [5, 5.41) is 13.8. The second-order valence-electron chi connectivity index (χ2n) is 10.1. The molecular formula is C29H28N2O5S2. The van der Waals surface area contributed by atoms with Crippen molar-refractivity contribution in [1.29, 1.82) is 0 Å². The monoisotopic (exact) mass is 548 g/mol. The number of aliphatic hydroxyl groups is 1. The van der Waals surface area contributed by atoms with Gasteiger partial charge in [0.1, 0.15) is 23.3 Å². The maximum absolute atomic E-state index is 13.5. The van der Waals surface area contributed by atoms with Gasteiger partial charge in [0, 0.05) is 16.0 Å². The summed E-state index contributed by atoms with van der Waals surface area (Å²) in [7, 11) is 3.21. The highest BCUT2D eigenvalue weighted by Crippen LogP contribution is 2.46. The van der Waals surface area contributed by atoms with Gasteiger partial charge in [-0.1, -0.05) is 38.2 Å². The molecule has 0 aliphatic carbocycles. The number of thiophene rings is 1. The lowest BCUT2D eigenvalue weighted by Gasteiger charge is -2.24. The molecule has 9 heteroatoms. The van der Waals surface area contributed by atoms with Crippen LogP contribution in [0, 0.1) is 6.92 Å². The first-order valence-corrected chi connectivity index (χ1v) is 13.7. The average molecular weight is 549 g/mol. The number of carbonyl (C=O) groups excluding carboxylic acids is 2. The number of fused-ring (bicyclic) bond motifs is 1. The number of Topliss-reactive ketones (excluding diaryl/α,β-unsaturated/α-hetero) is 1. The number of rotatable bonds is 5. The Hall–Kier alpha value is -3.69. The Labute approximate surface area is 229 Å². The van der Waals surface area contributed by atoms with Crippen molar-refractivity contribution in [1.82, 2.24) is 4.98 Å². The van der Waals surface area contributed by atoms with Crippen molar-refractivity contribution in [2.75, 3.05) is 19.1 Å². The fourth-order valence-electron chi connectivity index (χ4n) is 4.71. The van der Waals surface area contributed by atoms with Crippen molar-refractivity contribution in [3.05, 3.63) is 75.0 Å². The highest BCUT2D eigenvalue weighted by Gasteiger charge is 2.48. The zero-order valence-electron chi connectivity index (χ0n) is 22.0. The van der Waals surface area contributed by atoms with E-state index < -0.39 is 17.7 Å². The van der Waals surface area contributed by atoms with E-state index in [4.69, 9.17) is 14.5 Å². The minimum atomic E-state index is -0.807. The number of ether oxygens (including phenoxy) is 2. The molecule has 0 saturated carbocycles. The first-order valence-electron chi connectivity index (χ1n) is 12.0. The number of anilines is 1. The number of hydrogen-bond donors (Lipinski definition) is 1. The van der Waals surface area contributed by atoms with Gasteiger partial charge in [-0.05, 0) is 59.7 Å². The third-order valence-electron chi connectivity index (χ3n) is 6.64. The van der Waals surface area contributed by atoms with E-state index in [1.807, 2.05) is 63.4 Å². The Morgan fingerprint density at radius 3 is 2.42 bits per heavy atom. The van der Waals surface area contributed by atoms with E-state index in [2.05, 4.69) is 0 Å². The van der Waals surface area contributed by atoms with Crippen LogP contribution in [0.4, 0.5) is 5.13 Å². The number of hydrogen-bond acceptors (Lipinski definition) is 8. The highest BCUT2D eigenvalue weighted by atomic mass is 32.1. The molecule has 1 unspecified atom stereocenters. The molecule has 0 bridgehead atoms. The summed E-state index contributed by atoms with van der Waals surface area (Å²) in [6.07, 6.45) is 0. The molecule has 2 aromatic heterocycles. The number of benzene rings is 2. The second kappa shape index (κ2) is 9.56. The van der Waals surface area contributed by atoms with E-state index >= 15 is 0 Å². The predicted octanol–water partition coefficient (Wildman–Crippen LogP) is 6.61. The Morgan fingerprint density at radius 1 is 1.05 bits per heavy atom. The Kier molecular flexibility index (Phi) is 6.53. The van der Waals surface area contributed by atoms with Gasteiger partial charge < -0.3 is 14.6 Å². The lowest BCUT2D eigenvalue weighted by molar-refractivity contribution is -0.132. The number of aliphatic hydroxyl groups excluding tert-OH is 1. The molecule has 196 valence electrons. The largest absolute Gasteiger partial charge is 0.507 e. The number of carbonyl (C=O) groups is 2. The summed E-state index contributed by atoms with van der Waals surface area (Å²) >= 11 is 2.72. The molecule has 1 amide bonds. The molecule has 1 aliphatic rings. The summed E-state index contributed by atoms with van der Waals surface area (Å²) in [4.78, 5) is 33.9. The van der Waals surface area contributed by atoms with E-state index in [9.17, 15) is 14.7 Å². The smallest absolute Gasteiger partial charge is 0.301 e. The van der Waals surface area contributed by atoms with Gasteiger partial charge in [-0.3, -0.25) is 14.5 Å². The van der Waals surface area contributed by atoms with Crippen LogP contribution in [0.5, 0.6) is 11.5 Å². The molecule has 1 atom stereocenters. The number of ketones is 1. The summed E-state index contributed by atoms with van der Waals surface area (Å²) in [5.74, 6) is -0.293. The van der Waals surface area contributed by atoms with Crippen LogP contribution in [0.25, 0.3) is 16.0 Å². The van der Waals surface area contributed by atoms with Gasteiger partial charge in [0.15, 0.2) is 5.13 Å². The van der Waals surface area contributed by atoms with Gasteiger partial charge >= 0.3 is 5.91 Å². The average Bonchev–Trinajstić information content (AvgIpc) is 3.61. The van der Waals surface area contributed by atoms with Crippen molar-refractivity contribution < 1.29 is 24.2 Å². The minimum absolute atomic E-state index is 0.0375. The molecule has 2 aromatic carbocycles. The number of aromatic nitrogens is 1. The highest BCUT2D eigenvalue weighted by molar-refractivity contribution is 7.22. The van der Waals surface area contributed by atoms with Crippen LogP contribution < -0.4 is 14.4 Å². The van der Waals surface area contributed by atoms with Gasteiger partial charge in [-0.15, -0.1) is 11.3 Å². The lowest BCUT2D eigenvalue weighted by Crippen LogP contribution is -2.28. The Morgan fingerprint density at radius 2 is 1.79 bits per heavy atom. The Balaban J connectivity index is 1.70. The molecule has 1 fully saturated rings. The third-order valence-corrected chi connectivity index (χ3v) is 8.58. The second-order valence-corrected chi connectivity index (χ2v) is 12.1. The van der Waals surface area contributed by atoms with Gasteiger partial charge in [0.05, 0.1) is 30.0 Å². The molecule has 38 heavy (non-hydrogen) atoms. The van der Waals surface area contributed by atoms with Crippen molar-refractivity contribution in [3.63, 3.8) is 0 Å². The van der Waals surface area contributed by atoms with Gasteiger partial charge in [-0.25, -0.2) is 4.98 Å². The fourth-order valence-corrected chi connectivity index (χ4v) is 6.54. The minimum Gasteiger partial charge on any atom is -0.507 e. The molecule has 4 aromatic rings. The number of methoxy groups -OCH3 is 2. The van der Waals surface area contributed by atoms with Crippen molar-refractivity contribution >= 4 is 55.5 Å². The zero-order valence-corrected chi connectivity index (χ0v) is 23.6. The van der Waals surface area contributed by atoms with Crippen LogP contribution in [-0.4, -0.2) is 36.0 Å². The zero-order chi connectivity index (χ0) is 27.4. The number of amides is 1. The van der Waals surface area contributed by atoms with E-state index in [0.717, 1.165) is 26.5 Å². The van der Waals surface area contributed by atoms with Gasteiger partial charge in [0.25, 0.3) is 5.78 Å². The van der Waals surface area contributed by atoms with E-state index in [1.54, 1.807) is 26.4 Å². The molecule has 7 nitrogen and oxygen atoms in total. The third kappa shape index (κ3) is 4.25. The first-order chi connectivity index (χ1) is 18.0. The quantitative estimate of drug-likeness (QED) is 0.172. The maximum atomic E-state index is 13.5. The van der Waals surface area contributed by atoms with Crippen LogP contribution >= 0.6 is 22.7 Å². The van der Waals surface area contributed by atoms with Crippen molar-refractivity contribution in [2.45, 2.75) is 39.2 Å². The Bertz CT molecular complexity index is 1600. The van der Waals surface area contributed by atoms with Crippen LogP contribution in [-0.2, 0) is 15.0 Å². The van der Waals surface area contributed by atoms with Gasteiger partial charge in [-0.2, -0.15) is 0 Å². The summed E-state index contributed by atoms with van der Waals surface area (Å²) in [6, 6.07) is 12.0. The standard InChI is InChI=1S/C29H28N2O5S2/c1-15-12-18-22(14-20(15)36-6)38-28(30-18)31-24(21-8-7-11-37-21)23(26(33)27(31)34)25(32)16-9-10-19(35-5)17(13-16)29(2,3)4/h7-14,24,32H,1-6H3/b25-23+. The molecule has 5 rings (SSSR count). The molecule has 0 spiro atoms.